The third kappa shape index (κ3) is 4.59. The van der Waals surface area contributed by atoms with Gasteiger partial charge >= 0.3 is 6.09 Å². The highest BCUT2D eigenvalue weighted by Gasteiger charge is 2.49. The van der Waals surface area contributed by atoms with E-state index in [1.54, 1.807) is 0 Å². The fourth-order valence-electron chi connectivity index (χ4n) is 4.35. The van der Waals surface area contributed by atoms with Crippen molar-refractivity contribution in [3.8, 4) is 11.8 Å². The first-order chi connectivity index (χ1) is 13.2. The number of hydrogen-bond acceptors (Lipinski definition) is 5. The van der Waals surface area contributed by atoms with E-state index in [1.165, 1.54) is 0 Å². The average Bonchev–Trinajstić information content (AvgIpc) is 2.60. The number of carbonyl (C=O) groups is 1. The lowest BCUT2D eigenvalue weighted by atomic mass is 9.72. The van der Waals surface area contributed by atoms with Crippen LogP contribution in [-0.2, 0) is 10.3 Å². The molecule has 2 aliphatic rings. The summed E-state index contributed by atoms with van der Waals surface area (Å²) in [5.74, 6) is 0.689. The van der Waals surface area contributed by atoms with Gasteiger partial charge in [0.05, 0.1) is 18.1 Å². The van der Waals surface area contributed by atoms with Gasteiger partial charge in [-0.1, -0.05) is 12.1 Å². The van der Waals surface area contributed by atoms with Gasteiger partial charge in [0.25, 0.3) is 0 Å². The molecule has 28 heavy (non-hydrogen) atoms. The molecule has 2 aliphatic heterocycles. The van der Waals surface area contributed by atoms with Crippen molar-refractivity contribution in [2.24, 2.45) is 0 Å². The van der Waals surface area contributed by atoms with Gasteiger partial charge in [0.1, 0.15) is 18.0 Å². The van der Waals surface area contributed by atoms with E-state index in [0.29, 0.717) is 31.6 Å². The molecule has 6 nitrogen and oxygen atoms in total. The Bertz CT molecular complexity index is 718. The van der Waals surface area contributed by atoms with Gasteiger partial charge in [-0.2, -0.15) is 5.26 Å². The molecule has 0 radical (unpaired) electrons. The molecule has 3 rings (SSSR count). The molecule has 152 valence electrons. The summed E-state index contributed by atoms with van der Waals surface area (Å²) in [6.45, 7) is 5.98. The molecule has 2 heterocycles. The second kappa shape index (κ2) is 8.00. The van der Waals surface area contributed by atoms with Crippen molar-refractivity contribution >= 4 is 6.09 Å². The molecule has 1 N–H and O–H groups in total. The molecule has 1 aromatic carbocycles. The minimum absolute atomic E-state index is 0.0149. The lowest BCUT2D eigenvalue weighted by Crippen LogP contribution is -2.59. The van der Waals surface area contributed by atoms with Gasteiger partial charge in [0, 0.05) is 24.9 Å². The van der Waals surface area contributed by atoms with Gasteiger partial charge in [-0.3, -0.25) is 0 Å². The maximum atomic E-state index is 12.7. The molecule has 2 atom stereocenters. The number of nitriles is 1. The Morgan fingerprint density at radius 1 is 1.25 bits per heavy atom. The lowest BCUT2D eigenvalue weighted by molar-refractivity contribution is -0.0965. The first kappa shape index (κ1) is 20.5. The molecule has 2 bridgehead atoms. The summed E-state index contributed by atoms with van der Waals surface area (Å²) in [7, 11) is 0. The van der Waals surface area contributed by atoms with Crippen molar-refractivity contribution in [1.82, 2.24) is 4.90 Å². The first-order valence-electron chi connectivity index (χ1n) is 10.1. The number of amides is 1. The topological polar surface area (TPSA) is 82.8 Å². The average molecular weight is 386 g/mol. The monoisotopic (exact) mass is 386 g/mol. The smallest absolute Gasteiger partial charge is 0.410 e. The molecule has 0 saturated carbocycles. The normalized spacial score (nSPS) is 27.0. The van der Waals surface area contributed by atoms with Crippen LogP contribution in [0.2, 0.25) is 0 Å². The Labute approximate surface area is 167 Å². The van der Waals surface area contributed by atoms with E-state index < -0.39 is 11.2 Å². The van der Waals surface area contributed by atoms with Crippen LogP contribution in [0.3, 0.4) is 0 Å². The van der Waals surface area contributed by atoms with E-state index in [1.807, 2.05) is 56.0 Å². The predicted octanol–water partition coefficient (Wildman–Crippen LogP) is 4.12. The number of aliphatic hydroxyl groups is 1. The van der Waals surface area contributed by atoms with Gasteiger partial charge in [-0.25, -0.2) is 4.79 Å². The summed E-state index contributed by atoms with van der Waals surface area (Å²) in [6.07, 6.45) is 3.92. The SMILES string of the molecule is CC(C)(C)OC(=O)N1C2CCCC1CC(O)(c1ccc(OCCC#N)cc1)C2. The lowest BCUT2D eigenvalue weighted by Gasteiger charge is -2.51. The zero-order chi connectivity index (χ0) is 20.4. The number of fused-ring (bicyclic) bond motifs is 2. The van der Waals surface area contributed by atoms with Gasteiger partial charge in [-0.15, -0.1) is 0 Å². The van der Waals surface area contributed by atoms with E-state index in [0.717, 1.165) is 24.8 Å². The second-order valence-electron chi connectivity index (χ2n) is 8.85. The number of nitrogens with zero attached hydrogens (tertiary/aromatic N) is 2. The Hall–Kier alpha value is -2.26. The molecule has 2 unspecified atom stereocenters. The number of piperidine rings is 2. The zero-order valence-corrected chi connectivity index (χ0v) is 17.0. The minimum atomic E-state index is -0.959. The van der Waals surface area contributed by atoms with Crippen LogP contribution >= 0.6 is 0 Å². The maximum absolute atomic E-state index is 12.7. The van der Waals surface area contributed by atoms with Crippen LogP contribution in [-0.4, -0.2) is 40.4 Å². The Kier molecular flexibility index (Phi) is 5.85. The van der Waals surface area contributed by atoms with Crippen LogP contribution < -0.4 is 4.74 Å². The summed E-state index contributed by atoms with van der Waals surface area (Å²) >= 11 is 0. The Morgan fingerprint density at radius 2 is 1.86 bits per heavy atom. The fourth-order valence-corrected chi connectivity index (χ4v) is 4.35. The van der Waals surface area contributed by atoms with Crippen LogP contribution in [0.1, 0.15) is 64.9 Å². The number of hydrogen-bond donors (Lipinski definition) is 1. The number of carbonyl (C=O) groups excluding carboxylic acids is 1. The van der Waals surface area contributed by atoms with Crippen LogP contribution in [0.25, 0.3) is 0 Å². The van der Waals surface area contributed by atoms with Gasteiger partial charge in [0.15, 0.2) is 0 Å². The third-order valence-corrected chi connectivity index (χ3v) is 5.49. The zero-order valence-electron chi connectivity index (χ0n) is 17.0. The molecule has 1 amide bonds. The minimum Gasteiger partial charge on any atom is -0.493 e. The van der Waals surface area contributed by atoms with Crippen molar-refractivity contribution in [2.75, 3.05) is 6.61 Å². The summed E-state index contributed by atoms with van der Waals surface area (Å²) in [5, 5.41) is 20.0. The summed E-state index contributed by atoms with van der Waals surface area (Å²) in [6, 6.07) is 9.47. The summed E-state index contributed by atoms with van der Waals surface area (Å²) < 4.78 is 11.1. The second-order valence-corrected chi connectivity index (χ2v) is 8.85. The number of benzene rings is 1. The summed E-state index contributed by atoms with van der Waals surface area (Å²) in [5.41, 5.74) is -0.638. The molecule has 1 aromatic rings. The van der Waals surface area contributed by atoms with Gasteiger partial charge in [0.2, 0.25) is 0 Å². The van der Waals surface area contributed by atoms with Crippen molar-refractivity contribution in [1.29, 1.82) is 5.26 Å². The van der Waals surface area contributed by atoms with E-state index >= 15 is 0 Å². The van der Waals surface area contributed by atoms with Crippen LogP contribution in [0, 0.1) is 11.3 Å². The highest BCUT2D eigenvalue weighted by Crippen LogP contribution is 2.45. The first-order valence-corrected chi connectivity index (χ1v) is 10.1. The van der Waals surface area contributed by atoms with Crippen molar-refractivity contribution in [3.63, 3.8) is 0 Å². The molecule has 0 spiro atoms. The highest BCUT2D eigenvalue weighted by molar-refractivity contribution is 5.69. The molecule has 2 fully saturated rings. The highest BCUT2D eigenvalue weighted by atomic mass is 16.6. The largest absolute Gasteiger partial charge is 0.493 e. The third-order valence-electron chi connectivity index (χ3n) is 5.49. The van der Waals surface area contributed by atoms with E-state index in [-0.39, 0.29) is 18.2 Å². The van der Waals surface area contributed by atoms with Gasteiger partial charge in [-0.05, 0) is 57.7 Å². The van der Waals surface area contributed by atoms with Crippen molar-refractivity contribution < 1.29 is 19.4 Å². The predicted molar refractivity (Wildman–Crippen MR) is 105 cm³/mol. The Morgan fingerprint density at radius 3 is 2.39 bits per heavy atom. The van der Waals surface area contributed by atoms with E-state index in [2.05, 4.69) is 0 Å². The number of rotatable bonds is 4. The standard InChI is InChI=1S/C22H30N2O4/c1-21(2,3)28-20(25)24-17-6-4-7-18(24)15-22(26,14-17)16-8-10-19(11-9-16)27-13-5-12-23/h8-11,17-18,26H,4-7,13-15H2,1-3H3. The van der Waals surface area contributed by atoms with Crippen LogP contribution in [0.4, 0.5) is 4.79 Å². The molecular weight excluding hydrogens is 356 g/mol. The molecule has 0 aliphatic carbocycles. The fraction of sp³-hybridized carbons (Fsp3) is 0.636. The van der Waals surface area contributed by atoms with E-state index in [4.69, 9.17) is 14.7 Å². The van der Waals surface area contributed by atoms with E-state index in [9.17, 15) is 9.90 Å². The molecule has 6 heteroatoms. The van der Waals surface area contributed by atoms with Gasteiger partial charge < -0.3 is 19.5 Å². The van der Waals surface area contributed by atoms with Crippen LogP contribution in [0.15, 0.2) is 24.3 Å². The van der Waals surface area contributed by atoms with Crippen molar-refractivity contribution in [2.45, 2.75) is 82.6 Å². The van der Waals surface area contributed by atoms with Crippen LogP contribution in [0.5, 0.6) is 5.75 Å². The quantitative estimate of drug-likeness (QED) is 0.787. The maximum Gasteiger partial charge on any atom is 0.410 e. The van der Waals surface area contributed by atoms with Crippen molar-refractivity contribution in [3.05, 3.63) is 29.8 Å². The summed E-state index contributed by atoms with van der Waals surface area (Å²) in [4.78, 5) is 14.6. The Balaban J connectivity index is 1.73. The molecule has 2 saturated heterocycles. The number of ether oxygens (including phenoxy) is 2. The molecular formula is C22H30N2O4. The molecule has 0 aromatic heterocycles.